The van der Waals surface area contributed by atoms with E-state index in [4.69, 9.17) is 66.3 Å². The average molecular weight is 849 g/mol. The second-order valence-electron chi connectivity index (χ2n) is 16.5. The average Bonchev–Trinajstić information content (AvgIpc) is 3.56. The number of rotatable bonds is 32. The maximum atomic E-state index is 12.7. The summed E-state index contributed by atoms with van der Waals surface area (Å²) in [7, 11) is 3.28. The van der Waals surface area contributed by atoms with Crippen LogP contribution in [0.3, 0.4) is 0 Å². The zero-order valence-electron chi connectivity index (χ0n) is 36.5. The summed E-state index contributed by atoms with van der Waals surface area (Å²) in [4.78, 5) is 25.3. The van der Waals surface area contributed by atoms with E-state index in [2.05, 4.69) is 13.8 Å². The van der Waals surface area contributed by atoms with Crippen LogP contribution in [0.1, 0.15) is 71.6 Å². The molecule has 4 fully saturated rings. The van der Waals surface area contributed by atoms with Crippen molar-refractivity contribution in [1.82, 2.24) is 0 Å². The van der Waals surface area contributed by atoms with Gasteiger partial charge in [0.2, 0.25) is 0 Å². The number of methoxy groups -OCH3 is 2. The molecule has 0 spiro atoms. The van der Waals surface area contributed by atoms with Gasteiger partial charge in [-0.15, -0.1) is 0 Å². The summed E-state index contributed by atoms with van der Waals surface area (Å²) in [5.41, 5.74) is 0.165. The van der Waals surface area contributed by atoms with E-state index in [-0.39, 0.29) is 49.5 Å². The third-order valence-electron chi connectivity index (χ3n) is 13.0. The minimum absolute atomic E-state index is 0.0477. The van der Waals surface area contributed by atoms with Crippen LogP contribution in [0.15, 0.2) is 0 Å². The number of carbonyl (C=O) groups is 2. The van der Waals surface area contributed by atoms with E-state index in [1.54, 1.807) is 14.2 Å². The van der Waals surface area contributed by atoms with Gasteiger partial charge in [-0.3, -0.25) is 0 Å². The van der Waals surface area contributed by atoms with Crippen LogP contribution in [0.25, 0.3) is 0 Å². The van der Waals surface area contributed by atoms with Gasteiger partial charge in [0.1, 0.15) is 25.4 Å². The fourth-order valence-corrected chi connectivity index (χ4v) is 9.97. The molecule has 16 heteroatoms. The van der Waals surface area contributed by atoms with Gasteiger partial charge in [0, 0.05) is 19.6 Å². The molecule has 0 N–H and O–H groups in total. The fraction of sp³-hybridized carbons (Fsp3) is 0.953. The quantitative estimate of drug-likeness (QED) is 0.0616. The van der Waals surface area contributed by atoms with Crippen molar-refractivity contribution >= 4 is 12.3 Å². The molecule has 8 atom stereocenters. The number of ether oxygens (including phenoxy) is 14. The molecule has 4 aliphatic carbocycles. The molecular weight excluding hydrogens is 772 g/mol. The molecular formula is C43H76O16. The van der Waals surface area contributed by atoms with Crippen LogP contribution in [0.2, 0.25) is 0 Å². The Morgan fingerprint density at radius 2 is 0.847 bits per heavy atom. The predicted molar refractivity (Wildman–Crippen MR) is 214 cm³/mol. The number of fused-ring (bicyclic) bond motifs is 5. The van der Waals surface area contributed by atoms with E-state index in [9.17, 15) is 9.59 Å². The van der Waals surface area contributed by atoms with Gasteiger partial charge in [0.15, 0.2) is 0 Å². The minimum atomic E-state index is -0.619. The Bertz CT molecular complexity index is 1130. The molecule has 4 saturated carbocycles. The summed E-state index contributed by atoms with van der Waals surface area (Å²) >= 11 is 0. The van der Waals surface area contributed by atoms with Crippen LogP contribution in [-0.2, 0) is 66.3 Å². The van der Waals surface area contributed by atoms with Crippen LogP contribution < -0.4 is 0 Å². The lowest BCUT2D eigenvalue weighted by atomic mass is 9.45. The van der Waals surface area contributed by atoms with E-state index in [0.29, 0.717) is 129 Å². The molecule has 16 nitrogen and oxygen atoms in total. The van der Waals surface area contributed by atoms with Crippen LogP contribution in [-0.4, -0.2) is 171 Å². The van der Waals surface area contributed by atoms with Crippen LogP contribution in [0.4, 0.5) is 9.59 Å². The highest BCUT2D eigenvalue weighted by atomic mass is 16.7. The lowest BCUT2D eigenvalue weighted by molar-refractivity contribution is -0.139. The van der Waals surface area contributed by atoms with Gasteiger partial charge in [0.25, 0.3) is 0 Å². The molecule has 0 unspecified atom stereocenters. The smallest absolute Gasteiger partial charge is 0.432 e. The normalized spacial score (nSPS) is 28.7. The Balaban J connectivity index is 1.02. The zero-order chi connectivity index (χ0) is 42.0. The second kappa shape index (κ2) is 28.7. The standard InChI is InChI=1S/C43H76O16/c1-42-11-9-35(58-40(44)56-31-29-54-27-25-52-23-21-50-19-17-48-15-13-46-3)33-34(42)5-6-36-37-7-8-39(43(37,2)12-10-38(36)42)59-41(45)57-32-30-55-28-26-53-24-22-51-20-18-49-16-14-47-4/h34-39H,5-33H2,1-4H3/t34-,35-,36-,37-,38-,39-,42-,43-/m0/s1. The lowest BCUT2D eigenvalue weighted by Gasteiger charge is -2.60. The van der Waals surface area contributed by atoms with Gasteiger partial charge >= 0.3 is 12.3 Å². The largest absolute Gasteiger partial charge is 0.508 e. The third kappa shape index (κ3) is 17.1. The summed E-state index contributed by atoms with van der Waals surface area (Å²) in [6.07, 6.45) is 7.68. The third-order valence-corrected chi connectivity index (χ3v) is 13.0. The molecule has 0 bridgehead atoms. The van der Waals surface area contributed by atoms with Crippen molar-refractivity contribution in [3.05, 3.63) is 0 Å². The zero-order valence-corrected chi connectivity index (χ0v) is 36.5. The molecule has 0 amide bonds. The van der Waals surface area contributed by atoms with Crippen LogP contribution >= 0.6 is 0 Å². The summed E-state index contributed by atoms with van der Waals surface area (Å²) in [6.45, 7) is 13.6. The second-order valence-corrected chi connectivity index (χ2v) is 16.5. The Hall–Kier alpha value is -1.86. The van der Waals surface area contributed by atoms with E-state index >= 15 is 0 Å². The molecule has 0 heterocycles. The number of hydrogen-bond acceptors (Lipinski definition) is 16. The van der Waals surface area contributed by atoms with E-state index < -0.39 is 12.3 Å². The molecule has 0 aromatic heterocycles. The van der Waals surface area contributed by atoms with Crippen molar-refractivity contribution < 1.29 is 75.9 Å². The predicted octanol–water partition coefficient (Wildman–Crippen LogP) is 5.50. The lowest BCUT2D eigenvalue weighted by Crippen LogP contribution is -2.55. The Labute approximate surface area is 352 Å². The number of hydrogen-bond donors (Lipinski definition) is 0. The van der Waals surface area contributed by atoms with E-state index in [1.807, 2.05) is 0 Å². The molecule has 59 heavy (non-hydrogen) atoms. The molecule has 4 aliphatic rings. The first-order valence-corrected chi connectivity index (χ1v) is 22.1. The Morgan fingerprint density at radius 1 is 0.441 bits per heavy atom. The minimum Gasteiger partial charge on any atom is -0.432 e. The summed E-state index contributed by atoms with van der Waals surface area (Å²) in [5, 5.41) is 0. The molecule has 0 aromatic rings. The van der Waals surface area contributed by atoms with Gasteiger partial charge in [0.05, 0.1) is 119 Å². The van der Waals surface area contributed by atoms with Crippen molar-refractivity contribution in [2.24, 2.45) is 34.5 Å². The highest BCUT2D eigenvalue weighted by molar-refractivity contribution is 5.60. The van der Waals surface area contributed by atoms with Crippen molar-refractivity contribution in [3.63, 3.8) is 0 Å². The molecule has 0 radical (unpaired) electrons. The molecule has 344 valence electrons. The maximum Gasteiger partial charge on any atom is 0.508 e. The fourth-order valence-electron chi connectivity index (χ4n) is 9.97. The van der Waals surface area contributed by atoms with Gasteiger partial charge in [-0.05, 0) is 86.9 Å². The van der Waals surface area contributed by atoms with Crippen molar-refractivity contribution in [1.29, 1.82) is 0 Å². The summed E-state index contributed by atoms with van der Waals surface area (Å²) < 4.78 is 76.0. The first kappa shape index (κ1) is 49.8. The SMILES string of the molecule is COCCOCCOCCOCCOCCOC(=O)O[C@H]1CC[C@@]2(C)[C@@H](CC[C@@H]3[C@@H]2CC[C@]2(C)[C@@H](OC(=O)OCCOCCOCCOCCOCCOC)CC[C@@H]32)C1. The Morgan fingerprint density at radius 3 is 1.32 bits per heavy atom. The molecule has 4 rings (SSSR count). The topological polar surface area (TPSA) is 163 Å². The van der Waals surface area contributed by atoms with Crippen LogP contribution in [0.5, 0.6) is 0 Å². The highest BCUT2D eigenvalue weighted by Gasteiger charge is 2.61. The van der Waals surface area contributed by atoms with Crippen molar-refractivity contribution in [2.75, 3.05) is 146 Å². The first-order valence-electron chi connectivity index (χ1n) is 22.1. The van der Waals surface area contributed by atoms with E-state index in [0.717, 1.165) is 57.8 Å². The van der Waals surface area contributed by atoms with E-state index in [1.165, 1.54) is 0 Å². The first-order chi connectivity index (χ1) is 28.8. The number of carbonyl (C=O) groups excluding carboxylic acids is 2. The molecule has 0 aliphatic heterocycles. The summed E-state index contributed by atoms with van der Waals surface area (Å²) in [5.74, 6) is 2.26. The van der Waals surface area contributed by atoms with Crippen molar-refractivity contribution in [2.45, 2.75) is 83.8 Å². The molecule has 0 aromatic carbocycles. The van der Waals surface area contributed by atoms with Gasteiger partial charge < -0.3 is 66.3 Å². The highest BCUT2D eigenvalue weighted by Crippen LogP contribution is 2.66. The summed E-state index contributed by atoms with van der Waals surface area (Å²) in [6, 6.07) is 0. The van der Waals surface area contributed by atoms with Gasteiger partial charge in [-0.25, -0.2) is 9.59 Å². The van der Waals surface area contributed by atoms with Gasteiger partial charge in [-0.1, -0.05) is 13.8 Å². The maximum absolute atomic E-state index is 12.7. The van der Waals surface area contributed by atoms with Crippen LogP contribution in [0, 0.1) is 34.5 Å². The monoisotopic (exact) mass is 849 g/mol. The molecule has 0 saturated heterocycles. The Kier molecular flexibility index (Phi) is 24.2. The van der Waals surface area contributed by atoms with Gasteiger partial charge in [-0.2, -0.15) is 0 Å². The van der Waals surface area contributed by atoms with Crippen molar-refractivity contribution in [3.8, 4) is 0 Å².